The van der Waals surface area contributed by atoms with E-state index >= 15 is 0 Å². The fourth-order valence-corrected chi connectivity index (χ4v) is 4.67. The molecule has 2 aromatic rings. The Balaban J connectivity index is 1.64. The van der Waals surface area contributed by atoms with Crippen LogP contribution in [0.3, 0.4) is 0 Å². The zero-order valence-corrected chi connectivity index (χ0v) is 18.2. The van der Waals surface area contributed by atoms with E-state index < -0.39 is 0 Å². The van der Waals surface area contributed by atoms with Gasteiger partial charge in [0.25, 0.3) is 5.91 Å². The number of amides is 2. The molecule has 1 aromatic carbocycles. The Morgan fingerprint density at radius 3 is 2.88 bits per heavy atom. The first kappa shape index (κ1) is 21.8. The molecule has 4 N–H and O–H groups in total. The van der Waals surface area contributed by atoms with Gasteiger partial charge in [0.2, 0.25) is 5.91 Å². The smallest absolute Gasteiger partial charge is 0.291 e. The number of carbonyl (C=O) groups is 2. The maximum atomic E-state index is 12.7. The quantitative estimate of drug-likeness (QED) is 0.669. The van der Waals surface area contributed by atoms with Gasteiger partial charge in [0.1, 0.15) is 11.8 Å². The summed E-state index contributed by atoms with van der Waals surface area (Å²) < 4.78 is 0. The van der Waals surface area contributed by atoms with Crippen molar-refractivity contribution in [2.75, 3.05) is 18.9 Å². The summed E-state index contributed by atoms with van der Waals surface area (Å²) >= 11 is 0. The minimum absolute atomic E-state index is 0.105. The van der Waals surface area contributed by atoms with Crippen molar-refractivity contribution in [3.8, 4) is 6.07 Å². The SMILES string of the molecule is CN1CCC(c2ccc(NC(=O)c3ncc(C#N)[nH]3)c(C3=CCCCC3)c2)CC1C(N)=O. The molecule has 2 heterocycles. The summed E-state index contributed by atoms with van der Waals surface area (Å²) in [7, 11) is 1.94. The maximum absolute atomic E-state index is 12.7. The van der Waals surface area contributed by atoms with Crippen molar-refractivity contribution >= 4 is 23.1 Å². The van der Waals surface area contributed by atoms with Gasteiger partial charge in [-0.25, -0.2) is 4.98 Å². The first-order chi connectivity index (χ1) is 15.5. The van der Waals surface area contributed by atoms with E-state index in [0.29, 0.717) is 6.42 Å². The summed E-state index contributed by atoms with van der Waals surface area (Å²) in [5.41, 5.74) is 9.99. The predicted octanol–water partition coefficient (Wildman–Crippen LogP) is 3.15. The highest BCUT2D eigenvalue weighted by molar-refractivity contribution is 6.03. The number of aromatic amines is 1. The van der Waals surface area contributed by atoms with Crippen molar-refractivity contribution < 1.29 is 9.59 Å². The fraction of sp³-hybridized carbons (Fsp3) is 0.417. The average Bonchev–Trinajstić information content (AvgIpc) is 3.30. The standard InChI is InChI=1S/C24H28N6O2/c1-30-10-9-17(12-21(30)22(26)31)16-7-8-20(19(11-16)15-5-3-2-4-6-15)29-24(32)23-27-14-18(13-25)28-23/h5,7-8,11,14,17,21H,2-4,6,9-10,12H2,1H3,(H2,26,31)(H,27,28)(H,29,32). The number of nitrogens with zero attached hydrogens (tertiary/aromatic N) is 3. The monoisotopic (exact) mass is 432 g/mol. The van der Waals surface area contributed by atoms with Crippen molar-refractivity contribution in [1.82, 2.24) is 14.9 Å². The zero-order chi connectivity index (χ0) is 22.7. The summed E-state index contributed by atoms with van der Waals surface area (Å²) in [4.78, 5) is 33.3. The molecule has 2 atom stereocenters. The number of nitrogens with two attached hydrogens (primary N) is 1. The van der Waals surface area contributed by atoms with Gasteiger partial charge in [-0.2, -0.15) is 5.26 Å². The lowest BCUT2D eigenvalue weighted by Crippen LogP contribution is -2.47. The molecule has 166 valence electrons. The van der Waals surface area contributed by atoms with Crippen molar-refractivity contribution in [3.63, 3.8) is 0 Å². The number of benzene rings is 1. The van der Waals surface area contributed by atoms with E-state index in [1.807, 2.05) is 30.1 Å². The number of imidazole rings is 1. The number of carbonyl (C=O) groups excluding carboxylic acids is 2. The van der Waals surface area contributed by atoms with Gasteiger partial charge in [-0.05, 0) is 81.3 Å². The van der Waals surface area contributed by atoms with Gasteiger partial charge in [-0.3, -0.25) is 14.5 Å². The Morgan fingerprint density at radius 2 is 2.19 bits per heavy atom. The number of nitriles is 1. The van der Waals surface area contributed by atoms with Gasteiger partial charge in [-0.1, -0.05) is 12.1 Å². The van der Waals surface area contributed by atoms with Gasteiger partial charge in [-0.15, -0.1) is 0 Å². The predicted molar refractivity (Wildman–Crippen MR) is 122 cm³/mol. The Morgan fingerprint density at radius 1 is 1.34 bits per heavy atom. The molecule has 2 aliphatic rings. The number of nitrogens with one attached hydrogen (secondary N) is 2. The van der Waals surface area contributed by atoms with Gasteiger partial charge >= 0.3 is 0 Å². The molecule has 0 spiro atoms. The molecule has 4 rings (SSSR count). The molecular formula is C24H28N6O2. The topological polar surface area (TPSA) is 128 Å². The van der Waals surface area contributed by atoms with Crippen molar-refractivity contribution in [1.29, 1.82) is 5.26 Å². The third-order valence-corrected chi connectivity index (χ3v) is 6.51. The number of primary amides is 1. The van der Waals surface area contributed by atoms with E-state index in [1.165, 1.54) is 18.2 Å². The Labute approximate surface area is 187 Å². The zero-order valence-electron chi connectivity index (χ0n) is 18.2. The number of likely N-dealkylation sites (tertiary alicyclic amines) is 1. The molecule has 1 saturated heterocycles. The number of likely N-dealkylation sites (N-methyl/N-ethyl adjacent to an activating group) is 1. The van der Waals surface area contributed by atoms with Crippen LogP contribution in [0.15, 0.2) is 30.5 Å². The molecular weight excluding hydrogens is 404 g/mol. The Hall–Kier alpha value is -3.44. The third kappa shape index (κ3) is 4.58. The van der Waals surface area contributed by atoms with Gasteiger partial charge in [0.05, 0.1) is 12.2 Å². The highest BCUT2D eigenvalue weighted by atomic mass is 16.2. The number of hydrogen-bond donors (Lipinski definition) is 3. The van der Waals surface area contributed by atoms with E-state index in [0.717, 1.165) is 49.0 Å². The van der Waals surface area contributed by atoms with Crippen LogP contribution >= 0.6 is 0 Å². The molecule has 1 aliphatic carbocycles. The second kappa shape index (κ2) is 9.37. The second-order valence-corrected chi connectivity index (χ2v) is 8.61. The highest BCUT2D eigenvalue weighted by Gasteiger charge is 2.31. The average molecular weight is 433 g/mol. The van der Waals surface area contributed by atoms with Crippen LogP contribution in [0.2, 0.25) is 0 Å². The molecule has 1 aliphatic heterocycles. The summed E-state index contributed by atoms with van der Waals surface area (Å²) in [6, 6.07) is 7.80. The summed E-state index contributed by atoms with van der Waals surface area (Å²) in [5.74, 6) is -0.329. The van der Waals surface area contributed by atoms with Crippen LogP contribution in [-0.4, -0.2) is 46.3 Å². The number of piperidine rings is 1. The summed E-state index contributed by atoms with van der Waals surface area (Å²) in [6.07, 6.45) is 9.51. The molecule has 32 heavy (non-hydrogen) atoms. The van der Waals surface area contributed by atoms with Crippen LogP contribution in [-0.2, 0) is 4.79 Å². The van der Waals surface area contributed by atoms with Gasteiger partial charge in [0.15, 0.2) is 5.82 Å². The molecule has 2 amide bonds. The lowest BCUT2D eigenvalue weighted by Gasteiger charge is -2.35. The molecule has 0 radical (unpaired) electrons. The lowest BCUT2D eigenvalue weighted by molar-refractivity contribution is -0.124. The number of H-pyrrole nitrogens is 1. The van der Waals surface area contributed by atoms with Crippen LogP contribution in [0.25, 0.3) is 5.57 Å². The second-order valence-electron chi connectivity index (χ2n) is 8.61. The minimum atomic E-state index is -0.384. The normalized spacial score (nSPS) is 21.4. The molecule has 0 saturated carbocycles. The molecule has 1 fully saturated rings. The number of allylic oxidation sites excluding steroid dienone is 2. The molecule has 1 aromatic heterocycles. The maximum Gasteiger partial charge on any atom is 0.291 e. The van der Waals surface area contributed by atoms with Crippen molar-refractivity contribution in [2.45, 2.75) is 50.5 Å². The van der Waals surface area contributed by atoms with Crippen LogP contribution in [0.5, 0.6) is 0 Å². The first-order valence-corrected chi connectivity index (χ1v) is 11.1. The minimum Gasteiger partial charge on any atom is -0.368 e. The summed E-state index contributed by atoms with van der Waals surface area (Å²) in [5, 5.41) is 11.9. The number of anilines is 1. The summed E-state index contributed by atoms with van der Waals surface area (Å²) in [6.45, 7) is 0.814. The number of aromatic nitrogens is 2. The largest absolute Gasteiger partial charge is 0.368 e. The Kier molecular flexibility index (Phi) is 6.37. The van der Waals surface area contributed by atoms with Crippen LogP contribution in [0, 0.1) is 11.3 Å². The van der Waals surface area contributed by atoms with Crippen LogP contribution in [0.1, 0.15) is 71.9 Å². The van der Waals surface area contributed by atoms with E-state index in [1.54, 1.807) is 0 Å². The Bertz CT molecular complexity index is 1100. The highest BCUT2D eigenvalue weighted by Crippen LogP contribution is 2.37. The molecule has 2 unspecified atom stereocenters. The van der Waals surface area contributed by atoms with Crippen molar-refractivity contribution in [3.05, 3.63) is 53.1 Å². The molecule has 8 heteroatoms. The first-order valence-electron chi connectivity index (χ1n) is 11.1. The van der Waals surface area contributed by atoms with E-state index in [9.17, 15) is 9.59 Å². The molecule has 8 nitrogen and oxygen atoms in total. The van der Waals surface area contributed by atoms with Gasteiger partial charge in [0, 0.05) is 11.3 Å². The van der Waals surface area contributed by atoms with E-state index in [-0.39, 0.29) is 35.3 Å². The van der Waals surface area contributed by atoms with Crippen molar-refractivity contribution in [2.24, 2.45) is 5.73 Å². The van der Waals surface area contributed by atoms with Crippen LogP contribution < -0.4 is 11.1 Å². The number of rotatable bonds is 5. The van der Waals surface area contributed by atoms with E-state index in [2.05, 4.69) is 27.4 Å². The van der Waals surface area contributed by atoms with E-state index in [4.69, 9.17) is 11.0 Å². The van der Waals surface area contributed by atoms with Crippen LogP contribution in [0.4, 0.5) is 5.69 Å². The lowest BCUT2D eigenvalue weighted by atomic mass is 9.83. The van der Waals surface area contributed by atoms with Gasteiger partial charge < -0.3 is 16.0 Å². The molecule has 0 bridgehead atoms. The fourth-order valence-electron chi connectivity index (χ4n) is 4.67. The number of hydrogen-bond acceptors (Lipinski definition) is 5. The third-order valence-electron chi connectivity index (χ3n) is 6.51.